The van der Waals surface area contributed by atoms with Crippen LogP contribution in [0.4, 0.5) is 11.4 Å². The Hall–Kier alpha value is -4.22. The summed E-state index contributed by atoms with van der Waals surface area (Å²) in [6.45, 7) is -0.0903. The zero-order valence-electron chi connectivity index (χ0n) is 20.6. The zero-order valence-corrected chi connectivity index (χ0v) is 21.5. The molecular weight excluding hydrogens is 494 g/mol. The lowest BCUT2D eigenvalue weighted by molar-refractivity contribution is -0.127. The van der Waals surface area contributed by atoms with Crippen LogP contribution in [-0.4, -0.2) is 57.1 Å². The van der Waals surface area contributed by atoms with Gasteiger partial charge in [-0.05, 0) is 36.4 Å². The second kappa shape index (κ2) is 10.4. The van der Waals surface area contributed by atoms with E-state index in [0.717, 1.165) is 10.6 Å². The molecule has 0 atom stereocenters. The van der Waals surface area contributed by atoms with E-state index in [-0.39, 0.29) is 24.7 Å². The van der Waals surface area contributed by atoms with Crippen molar-refractivity contribution < 1.29 is 22.7 Å². The highest BCUT2D eigenvalue weighted by atomic mass is 32.2. The number of carbonyl (C=O) groups excluding carboxylic acids is 2. The number of para-hydroxylation sites is 1. The molecule has 1 aliphatic heterocycles. The van der Waals surface area contributed by atoms with E-state index in [2.05, 4.69) is 10.3 Å². The summed E-state index contributed by atoms with van der Waals surface area (Å²) in [6, 6.07) is 17.2. The lowest BCUT2D eigenvalue weighted by Gasteiger charge is -2.24. The van der Waals surface area contributed by atoms with Crippen molar-refractivity contribution in [2.24, 2.45) is 5.73 Å². The summed E-state index contributed by atoms with van der Waals surface area (Å²) in [6.07, 6.45) is 2.65. The zero-order chi connectivity index (χ0) is 26.7. The molecule has 2 heterocycles. The number of anilines is 2. The highest BCUT2D eigenvalue weighted by Gasteiger charge is 2.31. The molecular formula is C26H27N5O5S. The van der Waals surface area contributed by atoms with Gasteiger partial charge in [-0.1, -0.05) is 24.3 Å². The van der Waals surface area contributed by atoms with Crippen LogP contribution in [0.25, 0.3) is 11.3 Å². The van der Waals surface area contributed by atoms with Crippen LogP contribution in [0.15, 0.2) is 66.9 Å². The molecule has 1 amide bonds. The number of likely N-dealkylation sites (N-methyl/N-ethyl adjacent to an activating group) is 1. The number of nitrogens with two attached hydrogens (primary N) is 1. The summed E-state index contributed by atoms with van der Waals surface area (Å²) >= 11 is 0. The van der Waals surface area contributed by atoms with Crippen molar-refractivity contribution in [2.45, 2.75) is 6.54 Å². The van der Waals surface area contributed by atoms with Crippen molar-refractivity contribution in [1.29, 1.82) is 0 Å². The van der Waals surface area contributed by atoms with Gasteiger partial charge in [0.1, 0.15) is 12.3 Å². The standard InChI is InChI=1S/C26H27N5O5S/c1-30(2)23(32)16-31(37(3,34)35)20-8-6-7-18(13-20)29-25(17-11-12-19(14-27)28-15-17)24-21-9-4-5-10-22(21)36-26(24)33/h4-13,15,29H,14,16,27H2,1-3H3/b25-24-. The lowest BCUT2D eigenvalue weighted by Crippen LogP contribution is -2.39. The quantitative estimate of drug-likeness (QED) is 0.262. The Kier molecular flexibility index (Phi) is 7.28. The van der Waals surface area contributed by atoms with E-state index in [1.165, 1.54) is 4.90 Å². The topological polar surface area (TPSA) is 135 Å². The number of fused-ring (bicyclic) bond motifs is 1. The first-order chi connectivity index (χ1) is 17.6. The highest BCUT2D eigenvalue weighted by Crippen LogP contribution is 2.39. The molecule has 10 nitrogen and oxygen atoms in total. The highest BCUT2D eigenvalue weighted by molar-refractivity contribution is 7.92. The fraction of sp³-hybridized carbons (Fsp3) is 0.192. The predicted molar refractivity (Wildman–Crippen MR) is 142 cm³/mol. The summed E-state index contributed by atoms with van der Waals surface area (Å²) < 4.78 is 31.6. The molecule has 0 saturated heterocycles. The van der Waals surface area contributed by atoms with Crippen molar-refractivity contribution in [1.82, 2.24) is 9.88 Å². The largest absolute Gasteiger partial charge is 0.422 e. The number of carbonyl (C=O) groups is 2. The van der Waals surface area contributed by atoms with Gasteiger partial charge in [0.2, 0.25) is 15.9 Å². The second-order valence-corrected chi connectivity index (χ2v) is 10.5. The Morgan fingerprint density at radius 3 is 2.49 bits per heavy atom. The Morgan fingerprint density at radius 1 is 1.08 bits per heavy atom. The molecule has 3 N–H and O–H groups in total. The number of nitrogens with one attached hydrogen (secondary N) is 1. The molecule has 0 radical (unpaired) electrons. The van der Waals surface area contributed by atoms with Crippen molar-refractivity contribution in [3.8, 4) is 5.75 Å². The normalized spacial score (nSPS) is 14.0. The average molecular weight is 522 g/mol. The van der Waals surface area contributed by atoms with Gasteiger partial charge in [-0.15, -0.1) is 0 Å². The molecule has 192 valence electrons. The third-order valence-electron chi connectivity index (χ3n) is 5.72. The molecule has 1 aromatic heterocycles. The molecule has 4 rings (SSSR count). The Balaban J connectivity index is 1.81. The summed E-state index contributed by atoms with van der Waals surface area (Å²) in [5.41, 5.74) is 9.12. The van der Waals surface area contributed by atoms with Crippen LogP contribution >= 0.6 is 0 Å². The van der Waals surface area contributed by atoms with E-state index in [1.54, 1.807) is 81.0 Å². The van der Waals surface area contributed by atoms with Gasteiger partial charge >= 0.3 is 5.97 Å². The first kappa shape index (κ1) is 25.9. The van der Waals surface area contributed by atoms with Gasteiger partial charge in [0.05, 0.1) is 28.9 Å². The van der Waals surface area contributed by atoms with Crippen molar-refractivity contribution >= 4 is 44.5 Å². The fourth-order valence-corrected chi connectivity index (χ4v) is 4.62. The lowest BCUT2D eigenvalue weighted by atomic mass is 10.0. The van der Waals surface area contributed by atoms with Crippen molar-refractivity contribution in [3.05, 3.63) is 83.7 Å². The first-order valence-corrected chi connectivity index (χ1v) is 13.2. The van der Waals surface area contributed by atoms with Crippen LogP contribution in [0, 0.1) is 0 Å². The van der Waals surface area contributed by atoms with Gasteiger partial charge in [-0.25, -0.2) is 13.2 Å². The average Bonchev–Trinajstić information content (AvgIpc) is 3.20. The molecule has 0 bridgehead atoms. The van der Waals surface area contributed by atoms with Gasteiger partial charge < -0.3 is 20.7 Å². The molecule has 0 fully saturated rings. The van der Waals surface area contributed by atoms with Crippen LogP contribution in [0.5, 0.6) is 5.75 Å². The molecule has 0 aliphatic carbocycles. The second-order valence-electron chi connectivity index (χ2n) is 8.61. The third kappa shape index (κ3) is 5.63. The van der Waals surface area contributed by atoms with Crippen LogP contribution in [0.3, 0.4) is 0 Å². The minimum Gasteiger partial charge on any atom is -0.422 e. The van der Waals surface area contributed by atoms with E-state index >= 15 is 0 Å². The monoisotopic (exact) mass is 521 g/mol. The van der Waals surface area contributed by atoms with E-state index in [1.807, 2.05) is 0 Å². The van der Waals surface area contributed by atoms with Crippen molar-refractivity contribution in [2.75, 3.05) is 36.5 Å². The van der Waals surface area contributed by atoms with E-state index in [9.17, 15) is 18.0 Å². The molecule has 0 unspecified atom stereocenters. The molecule has 0 saturated carbocycles. The Morgan fingerprint density at radius 2 is 1.84 bits per heavy atom. The summed E-state index contributed by atoms with van der Waals surface area (Å²) in [4.78, 5) is 31.0. The van der Waals surface area contributed by atoms with Crippen LogP contribution in [-0.2, 0) is 26.2 Å². The maximum absolute atomic E-state index is 13.0. The number of benzene rings is 2. The van der Waals surface area contributed by atoms with Crippen LogP contribution in [0.2, 0.25) is 0 Å². The Bertz CT molecular complexity index is 1480. The summed E-state index contributed by atoms with van der Waals surface area (Å²) in [5, 5.41) is 3.26. The number of amides is 1. The summed E-state index contributed by atoms with van der Waals surface area (Å²) in [7, 11) is -0.651. The number of rotatable bonds is 8. The molecule has 3 aromatic rings. The van der Waals surface area contributed by atoms with Crippen LogP contribution < -0.4 is 20.1 Å². The molecule has 37 heavy (non-hydrogen) atoms. The maximum Gasteiger partial charge on any atom is 0.346 e. The SMILES string of the molecule is CN(C)C(=O)CN(c1cccc(N/C(=C2\C(=O)Oc3ccccc32)c2ccc(CN)nc2)c1)S(C)(=O)=O. The van der Waals surface area contributed by atoms with E-state index < -0.39 is 16.0 Å². The van der Waals surface area contributed by atoms with Crippen molar-refractivity contribution in [3.63, 3.8) is 0 Å². The number of pyridine rings is 1. The first-order valence-electron chi connectivity index (χ1n) is 11.3. The number of nitrogens with zero attached hydrogens (tertiary/aromatic N) is 3. The smallest absolute Gasteiger partial charge is 0.346 e. The fourth-order valence-electron chi connectivity index (χ4n) is 3.78. The number of ether oxygens (including phenoxy) is 1. The number of aromatic nitrogens is 1. The molecule has 2 aromatic carbocycles. The third-order valence-corrected chi connectivity index (χ3v) is 6.86. The minimum atomic E-state index is -3.77. The van der Waals surface area contributed by atoms with Gasteiger partial charge in [-0.2, -0.15) is 0 Å². The van der Waals surface area contributed by atoms with Gasteiger partial charge in [-0.3, -0.25) is 14.1 Å². The van der Waals surface area contributed by atoms with E-state index in [0.29, 0.717) is 39.5 Å². The number of hydrogen-bond donors (Lipinski definition) is 2. The van der Waals surface area contributed by atoms with Gasteiger partial charge in [0, 0.05) is 43.7 Å². The number of hydrogen-bond acceptors (Lipinski definition) is 8. The Labute approximate surface area is 215 Å². The molecule has 1 aliphatic rings. The number of esters is 1. The van der Waals surface area contributed by atoms with E-state index in [4.69, 9.17) is 10.5 Å². The minimum absolute atomic E-state index is 0.263. The summed E-state index contributed by atoms with van der Waals surface area (Å²) in [5.74, 6) is -0.465. The predicted octanol–water partition coefficient (Wildman–Crippen LogP) is 2.29. The maximum atomic E-state index is 13.0. The number of sulfonamides is 1. The van der Waals surface area contributed by atoms with Gasteiger partial charge in [0.25, 0.3) is 0 Å². The van der Waals surface area contributed by atoms with Crippen LogP contribution in [0.1, 0.15) is 16.8 Å². The van der Waals surface area contributed by atoms with Gasteiger partial charge in [0.15, 0.2) is 0 Å². The molecule has 11 heteroatoms. The molecule has 0 spiro atoms.